The Labute approximate surface area is 169 Å². The van der Waals surface area contributed by atoms with Gasteiger partial charge >= 0.3 is 0 Å². The number of nitrogens with one attached hydrogen (secondary N) is 2. The minimum atomic E-state index is -0.0926. The standard InChI is InChI=1S/C21H25N5O3/c1-25(2)12-19(27)22-15-7-5-14(6-8-15)21-24-17-11-16(9-10-18(17)29-21)23-20(28)13-26(3)4/h5-11H,12-13H2,1-4H3,(H,22,27)(H,23,28). The maximum Gasteiger partial charge on any atom is 0.238 e. The summed E-state index contributed by atoms with van der Waals surface area (Å²) in [4.78, 5) is 31.9. The van der Waals surface area contributed by atoms with Crippen LogP contribution in [0.4, 0.5) is 11.4 Å². The van der Waals surface area contributed by atoms with Gasteiger partial charge in [0.1, 0.15) is 5.52 Å². The van der Waals surface area contributed by atoms with Crippen LogP contribution in [0.2, 0.25) is 0 Å². The lowest BCUT2D eigenvalue weighted by atomic mass is 10.2. The van der Waals surface area contributed by atoms with E-state index in [9.17, 15) is 9.59 Å². The molecule has 0 fully saturated rings. The van der Waals surface area contributed by atoms with Crippen molar-refractivity contribution in [2.24, 2.45) is 0 Å². The van der Waals surface area contributed by atoms with Gasteiger partial charge in [0, 0.05) is 16.9 Å². The Bertz CT molecular complexity index is 1010. The largest absolute Gasteiger partial charge is 0.436 e. The summed E-state index contributed by atoms with van der Waals surface area (Å²) in [5.41, 5.74) is 3.47. The second-order valence-corrected chi connectivity index (χ2v) is 7.35. The topological polar surface area (TPSA) is 90.7 Å². The zero-order valence-corrected chi connectivity index (χ0v) is 17.0. The molecule has 1 aromatic heterocycles. The second-order valence-electron chi connectivity index (χ2n) is 7.35. The Kier molecular flexibility index (Phi) is 6.26. The smallest absolute Gasteiger partial charge is 0.238 e. The fourth-order valence-corrected chi connectivity index (χ4v) is 2.80. The van der Waals surface area contributed by atoms with Gasteiger partial charge in [0.25, 0.3) is 0 Å². The van der Waals surface area contributed by atoms with Gasteiger partial charge in [0.15, 0.2) is 5.58 Å². The van der Waals surface area contributed by atoms with Gasteiger partial charge in [-0.3, -0.25) is 9.59 Å². The first kappa shape index (κ1) is 20.5. The predicted octanol–water partition coefficient (Wildman–Crippen LogP) is 2.50. The third-order valence-electron chi connectivity index (χ3n) is 4.01. The number of hydrogen-bond donors (Lipinski definition) is 2. The minimum absolute atomic E-state index is 0.0755. The van der Waals surface area contributed by atoms with Crippen LogP contribution in [0.3, 0.4) is 0 Å². The van der Waals surface area contributed by atoms with Gasteiger partial charge in [-0.25, -0.2) is 4.98 Å². The first-order valence-electron chi connectivity index (χ1n) is 9.20. The van der Waals surface area contributed by atoms with Crippen molar-refractivity contribution in [3.8, 4) is 11.5 Å². The highest BCUT2D eigenvalue weighted by atomic mass is 16.3. The number of anilines is 2. The van der Waals surface area contributed by atoms with Crippen LogP contribution in [0.5, 0.6) is 0 Å². The molecule has 0 spiro atoms. The highest BCUT2D eigenvalue weighted by Crippen LogP contribution is 2.27. The average Bonchev–Trinajstić information content (AvgIpc) is 3.04. The average molecular weight is 395 g/mol. The van der Waals surface area contributed by atoms with E-state index in [2.05, 4.69) is 15.6 Å². The molecule has 152 valence electrons. The van der Waals surface area contributed by atoms with Crippen molar-refractivity contribution in [3.63, 3.8) is 0 Å². The van der Waals surface area contributed by atoms with Crippen LogP contribution in [-0.2, 0) is 9.59 Å². The summed E-state index contributed by atoms with van der Waals surface area (Å²) >= 11 is 0. The summed E-state index contributed by atoms with van der Waals surface area (Å²) in [6, 6.07) is 12.7. The number of benzene rings is 2. The van der Waals surface area contributed by atoms with E-state index < -0.39 is 0 Å². The summed E-state index contributed by atoms with van der Waals surface area (Å²) < 4.78 is 5.83. The summed E-state index contributed by atoms with van der Waals surface area (Å²) in [5, 5.41) is 5.69. The Morgan fingerprint density at radius 3 is 2.00 bits per heavy atom. The normalized spacial score (nSPS) is 11.2. The monoisotopic (exact) mass is 395 g/mol. The molecule has 0 saturated carbocycles. The molecular formula is C21H25N5O3. The zero-order valence-electron chi connectivity index (χ0n) is 17.0. The zero-order chi connectivity index (χ0) is 21.0. The maximum atomic E-state index is 11.9. The number of oxazole rings is 1. The van der Waals surface area contributed by atoms with Gasteiger partial charge in [-0.05, 0) is 70.7 Å². The van der Waals surface area contributed by atoms with Gasteiger partial charge in [-0.2, -0.15) is 0 Å². The van der Waals surface area contributed by atoms with Crippen LogP contribution in [0.1, 0.15) is 0 Å². The summed E-state index contributed by atoms with van der Waals surface area (Å²) in [5.74, 6) is 0.307. The molecule has 0 unspecified atom stereocenters. The van der Waals surface area contributed by atoms with Crippen molar-refractivity contribution in [2.75, 3.05) is 51.9 Å². The van der Waals surface area contributed by atoms with Crippen LogP contribution in [0, 0.1) is 0 Å². The van der Waals surface area contributed by atoms with E-state index in [1.54, 1.807) is 28.0 Å². The molecule has 3 rings (SSSR count). The first-order chi connectivity index (χ1) is 13.8. The number of amides is 2. The number of fused-ring (bicyclic) bond motifs is 1. The van der Waals surface area contributed by atoms with E-state index in [0.717, 1.165) is 5.56 Å². The van der Waals surface area contributed by atoms with Crippen LogP contribution in [-0.4, -0.2) is 67.9 Å². The van der Waals surface area contributed by atoms with Gasteiger partial charge in [-0.15, -0.1) is 0 Å². The number of hydrogen-bond acceptors (Lipinski definition) is 6. The van der Waals surface area contributed by atoms with Gasteiger partial charge in [0.2, 0.25) is 17.7 Å². The molecule has 0 aliphatic heterocycles. The molecule has 2 aromatic carbocycles. The second kappa shape index (κ2) is 8.85. The lowest BCUT2D eigenvalue weighted by Crippen LogP contribution is -2.27. The maximum absolute atomic E-state index is 11.9. The molecule has 0 saturated heterocycles. The molecule has 3 aromatic rings. The highest BCUT2D eigenvalue weighted by Gasteiger charge is 2.11. The van der Waals surface area contributed by atoms with E-state index >= 15 is 0 Å². The Morgan fingerprint density at radius 2 is 1.41 bits per heavy atom. The number of rotatable bonds is 7. The highest BCUT2D eigenvalue weighted by molar-refractivity contribution is 5.94. The van der Waals surface area contributed by atoms with Gasteiger partial charge < -0.3 is 24.9 Å². The molecule has 0 aliphatic rings. The molecule has 8 nitrogen and oxygen atoms in total. The van der Waals surface area contributed by atoms with E-state index in [0.29, 0.717) is 41.5 Å². The summed E-state index contributed by atoms with van der Waals surface area (Å²) in [6.07, 6.45) is 0. The SMILES string of the molecule is CN(C)CC(=O)Nc1ccc(-c2nc3cc(NC(=O)CN(C)C)ccc3o2)cc1. The predicted molar refractivity (Wildman–Crippen MR) is 114 cm³/mol. The molecule has 0 radical (unpaired) electrons. The van der Waals surface area contributed by atoms with Crippen molar-refractivity contribution in [3.05, 3.63) is 42.5 Å². The fraction of sp³-hybridized carbons (Fsp3) is 0.286. The number of likely N-dealkylation sites (N-methyl/N-ethyl adjacent to an activating group) is 2. The van der Waals surface area contributed by atoms with Crippen LogP contribution in [0.25, 0.3) is 22.6 Å². The van der Waals surface area contributed by atoms with Crippen molar-refractivity contribution in [2.45, 2.75) is 0 Å². The molecular weight excluding hydrogens is 370 g/mol. The number of nitrogens with zero attached hydrogens (tertiary/aromatic N) is 3. The number of carbonyl (C=O) groups excluding carboxylic acids is 2. The van der Waals surface area contributed by atoms with Crippen molar-refractivity contribution < 1.29 is 14.0 Å². The van der Waals surface area contributed by atoms with E-state index in [-0.39, 0.29) is 11.8 Å². The molecule has 0 bridgehead atoms. The van der Waals surface area contributed by atoms with E-state index in [1.165, 1.54) is 0 Å². The van der Waals surface area contributed by atoms with Crippen LogP contribution >= 0.6 is 0 Å². The van der Waals surface area contributed by atoms with Gasteiger partial charge in [0.05, 0.1) is 13.1 Å². The Balaban J connectivity index is 1.73. The molecule has 2 N–H and O–H groups in total. The molecule has 8 heteroatoms. The van der Waals surface area contributed by atoms with Gasteiger partial charge in [-0.1, -0.05) is 0 Å². The molecule has 0 atom stereocenters. The quantitative estimate of drug-likeness (QED) is 0.639. The number of carbonyl (C=O) groups is 2. The third kappa shape index (κ3) is 5.63. The number of aromatic nitrogens is 1. The first-order valence-corrected chi connectivity index (χ1v) is 9.20. The molecule has 1 heterocycles. The van der Waals surface area contributed by atoms with E-state index in [4.69, 9.17) is 4.42 Å². The summed E-state index contributed by atoms with van der Waals surface area (Å²) in [6.45, 7) is 0.625. The lowest BCUT2D eigenvalue weighted by molar-refractivity contribution is -0.117. The minimum Gasteiger partial charge on any atom is -0.436 e. The van der Waals surface area contributed by atoms with E-state index in [1.807, 2.05) is 52.5 Å². The lowest BCUT2D eigenvalue weighted by Gasteiger charge is -2.10. The molecule has 29 heavy (non-hydrogen) atoms. The molecule has 0 aliphatic carbocycles. The van der Waals surface area contributed by atoms with Crippen LogP contribution in [0.15, 0.2) is 46.9 Å². The van der Waals surface area contributed by atoms with Crippen molar-refractivity contribution in [1.82, 2.24) is 14.8 Å². The van der Waals surface area contributed by atoms with Crippen molar-refractivity contribution in [1.29, 1.82) is 0 Å². The third-order valence-corrected chi connectivity index (χ3v) is 4.01. The summed E-state index contributed by atoms with van der Waals surface area (Å²) in [7, 11) is 7.36. The molecule has 2 amide bonds. The Morgan fingerprint density at radius 1 is 0.862 bits per heavy atom. The van der Waals surface area contributed by atoms with Crippen LogP contribution < -0.4 is 10.6 Å². The Hall–Kier alpha value is -3.23. The van der Waals surface area contributed by atoms with Crippen molar-refractivity contribution >= 4 is 34.3 Å². The fourth-order valence-electron chi connectivity index (χ4n) is 2.80.